The van der Waals surface area contributed by atoms with Crippen LogP contribution in [-0.4, -0.2) is 60.1 Å². The summed E-state index contributed by atoms with van der Waals surface area (Å²) >= 11 is 0. The number of nitrogens with one attached hydrogen (secondary N) is 1. The van der Waals surface area contributed by atoms with Crippen molar-refractivity contribution in [1.82, 2.24) is 15.1 Å². The van der Waals surface area contributed by atoms with E-state index >= 15 is 0 Å². The first-order chi connectivity index (χ1) is 9.74. The Hall–Kier alpha value is -0.120. The third-order valence-electron chi connectivity index (χ3n) is 5.77. The summed E-state index contributed by atoms with van der Waals surface area (Å²) in [4.78, 5) is 5.56. The molecule has 20 heavy (non-hydrogen) atoms. The highest BCUT2D eigenvalue weighted by molar-refractivity contribution is 4.92. The molecule has 3 heterocycles. The number of piperidine rings is 2. The molecule has 3 unspecified atom stereocenters. The van der Waals surface area contributed by atoms with E-state index in [4.69, 9.17) is 0 Å². The second-order valence-electron chi connectivity index (χ2n) is 7.45. The first-order valence-electron chi connectivity index (χ1n) is 8.97. The Kier molecular flexibility index (Phi) is 5.00. The summed E-state index contributed by atoms with van der Waals surface area (Å²) in [6.45, 7) is 10.0. The Morgan fingerprint density at radius 2 is 2.00 bits per heavy atom. The molecule has 3 nitrogen and oxygen atoms in total. The van der Waals surface area contributed by atoms with Crippen LogP contribution in [-0.2, 0) is 0 Å². The molecule has 3 saturated heterocycles. The standard InChI is InChI=1S/C17H33N3/c1-14(2)20(13-15-6-3-4-9-18-15)17-8-11-19-10-5-7-16(19)12-17/h14-18H,3-13H2,1-2H3. The molecule has 3 aliphatic heterocycles. The molecular weight excluding hydrogens is 246 g/mol. The molecule has 0 aromatic heterocycles. The van der Waals surface area contributed by atoms with E-state index in [-0.39, 0.29) is 0 Å². The van der Waals surface area contributed by atoms with Crippen LogP contribution in [0.4, 0.5) is 0 Å². The Balaban J connectivity index is 1.58. The molecule has 3 atom stereocenters. The fourth-order valence-electron chi connectivity index (χ4n) is 4.62. The summed E-state index contributed by atoms with van der Waals surface area (Å²) in [5, 5.41) is 3.74. The molecule has 3 fully saturated rings. The van der Waals surface area contributed by atoms with Gasteiger partial charge >= 0.3 is 0 Å². The van der Waals surface area contributed by atoms with E-state index < -0.39 is 0 Å². The van der Waals surface area contributed by atoms with Crippen molar-refractivity contribution in [2.45, 2.75) is 83.0 Å². The van der Waals surface area contributed by atoms with Gasteiger partial charge in [0.2, 0.25) is 0 Å². The van der Waals surface area contributed by atoms with Gasteiger partial charge in [0.05, 0.1) is 0 Å². The monoisotopic (exact) mass is 279 g/mol. The molecule has 0 aromatic rings. The molecule has 0 bridgehead atoms. The lowest BCUT2D eigenvalue weighted by Gasteiger charge is -2.44. The molecule has 0 spiro atoms. The van der Waals surface area contributed by atoms with Crippen molar-refractivity contribution in [3.8, 4) is 0 Å². The SMILES string of the molecule is CC(C)N(CC1CCCCN1)C1CCN2CCCC2C1. The minimum atomic E-state index is 0.691. The number of fused-ring (bicyclic) bond motifs is 1. The second kappa shape index (κ2) is 6.76. The van der Waals surface area contributed by atoms with Crippen LogP contribution in [0.25, 0.3) is 0 Å². The molecule has 0 aromatic carbocycles. The van der Waals surface area contributed by atoms with Gasteiger partial charge < -0.3 is 10.2 Å². The van der Waals surface area contributed by atoms with E-state index in [2.05, 4.69) is 29.0 Å². The smallest absolute Gasteiger partial charge is 0.0195 e. The maximum atomic E-state index is 3.74. The average Bonchev–Trinajstić information content (AvgIpc) is 2.93. The van der Waals surface area contributed by atoms with Gasteiger partial charge in [-0.15, -0.1) is 0 Å². The molecule has 3 aliphatic rings. The van der Waals surface area contributed by atoms with Crippen LogP contribution in [0.1, 0.15) is 58.8 Å². The summed E-state index contributed by atoms with van der Waals surface area (Å²) in [6.07, 6.45) is 9.87. The molecule has 116 valence electrons. The van der Waals surface area contributed by atoms with Gasteiger partial charge in [-0.05, 0) is 72.0 Å². The maximum absolute atomic E-state index is 3.74. The Labute approximate surface area is 125 Å². The van der Waals surface area contributed by atoms with Gasteiger partial charge in [-0.1, -0.05) is 6.42 Å². The number of hydrogen-bond acceptors (Lipinski definition) is 3. The van der Waals surface area contributed by atoms with Crippen molar-refractivity contribution in [1.29, 1.82) is 0 Å². The van der Waals surface area contributed by atoms with Crippen LogP contribution in [0, 0.1) is 0 Å². The van der Waals surface area contributed by atoms with E-state index in [0.717, 1.165) is 18.1 Å². The number of hydrogen-bond donors (Lipinski definition) is 1. The molecule has 3 heteroatoms. The lowest BCUT2D eigenvalue weighted by atomic mass is 9.94. The Morgan fingerprint density at radius 3 is 2.75 bits per heavy atom. The van der Waals surface area contributed by atoms with E-state index in [1.165, 1.54) is 71.1 Å². The first kappa shape index (κ1) is 14.8. The minimum absolute atomic E-state index is 0.691. The minimum Gasteiger partial charge on any atom is -0.313 e. The van der Waals surface area contributed by atoms with Crippen LogP contribution in [0.3, 0.4) is 0 Å². The van der Waals surface area contributed by atoms with Crippen molar-refractivity contribution in [3.63, 3.8) is 0 Å². The topological polar surface area (TPSA) is 18.5 Å². The van der Waals surface area contributed by atoms with Gasteiger partial charge in [0.15, 0.2) is 0 Å². The van der Waals surface area contributed by atoms with Crippen LogP contribution < -0.4 is 5.32 Å². The second-order valence-corrected chi connectivity index (χ2v) is 7.45. The zero-order valence-electron chi connectivity index (χ0n) is 13.5. The van der Waals surface area contributed by atoms with Gasteiger partial charge in [0.25, 0.3) is 0 Å². The summed E-state index contributed by atoms with van der Waals surface area (Å²) in [7, 11) is 0. The fourth-order valence-corrected chi connectivity index (χ4v) is 4.62. The van der Waals surface area contributed by atoms with E-state index in [0.29, 0.717) is 6.04 Å². The predicted molar refractivity (Wildman–Crippen MR) is 85.1 cm³/mol. The molecule has 0 saturated carbocycles. The lowest BCUT2D eigenvalue weighted by molar-refractivity contribution is 0.0573. The average molecular weight is 279 g/mol. The molecule has 1 N–H and O–H groups in total. The van der Waals surface area contributed by atoms with Crippen LogP contribution in [0.5, 0.6) is 0 Å². The van der Waals surface area contributed by atoms with Crippen LogP contribution in [0.15, 0.2) is 0 Å². The highest BCUT2D eigenvalue weighted by Crippen LogP contribution is 2.30. The van der Waals surface area contributed by atoms with Gasteiger partial charge in [-0.25, -0.2) is 0 Å². The van der Waals surface area contributed by atoms with Crippen molar-refractivity contribution >= 4 is 0 Å². The molecule has 0 aliphatic carbocycles. The summed E-state index contributed by atoms with van der Waals surface area (Å²) in [5.41, 5.74) is 0. The predicted octanol–water partition coefficient (Wildman–Crippen LogP) is 2.47. The Morgan fingerprint density at radius 1 is 1.10 bits per heavy atom. The summed E-state index contributed by atoms with van der Waals surface area (Å²) in [6, 6.07) is 3.16. The fraction of sp³-hybridized carbons (Fsp3) is 1.00. The molecule has 0 radical (unpaired) electrons. The quantitative estimate of drug-likeness (QED) is 0.853. The van der Waals surface area contributed by atoms with Crippen LogP contribution in [0.2, 0.25) is 0 Å². The van der Waals surface area contributed by atoms with Crippen molar-refractivity contribution < 1.29 is 0 Å². The first-order valence-corrected chi connectivity index (χ1v) is 8.97. The summed E-state index contributed by atoms with van der Waals surface area (Å²) in [5.74, 6) is 0. The normalized spacial score (nSPS) is 35.7. The van der Waals surface area contributed by atoms with Crippen LogP contribution >= 0.6 is 0 Å². The van der Waals surface area contributed by atoms with E-state index in [1.807, 2.05) is 0 Å². The lowest BCUT2D eigenvalue weighted by Crippen LogP contribution is -2.54. The molecule has 0 amide bonds. The third-order valence-corrected chi connectivity index (χ3v) is 5.77. The number of rotatable bonds is 4. The van der Waals surface area contributed by atoms with Gasteiger partial charge in [0, 0.05) is 30.7 Å². The van der Waals surface area contributed by atoms with Gasteiger partial charge in [0.1, 0.15) is 0 Å². The highest BCUT2D eigenvalue weighted by atomic mass is 15.2. The molecular formula is C17H33N3. The summed E-state index contributed by atoms with van der Waals surface area (Å²) < 4.78 is 0. The van der Waals surface area contributed by atoms with Crippen molar-refractivity contribution in [2.75, 3.05) is 26.2 Å². The number of nitrogens with zero attached hydrogens (tertiary/aromatic N) is 2. The van der Waals surface area contributed by atoms with Gasteiger partial charge in [-0.2, -0.15) is 0 Å². The van der Waals surface area contributed by atoms with Crippen molar-refractivity contribution in [3.05, 3.63) is 0 Å². The van der Waals surface area contributed by atoms with Gasteiger partial charge in [-0.3, -0.25) is 4.90 Å². The van der Waals surface area contributed by atoms with E-state index in [9.17, 15) is 0 Å². The zero-order chi connectivity index (χ0) is 13.9. The van der Waals surface area contributed by atoms with E-state index in [1.54, 1.807) is 0 Å². The molecule has 3 rings (SSSR count). The third kappa shape index (κ3) is 3.37. The zero-order valence-corrected chi connectivity index (χ0v) is 13.5. The largest absolute Gasteiger partial charge is 0.313 e. The highest BCUT2D eigenvalue weighted by Gasteiger charge is 2.35. The van der Waals surface area contributed by atoms with Crippen molar-refractivity contribution in [2.24, 2.45) is 0 Å². The Bertz CT molecular complexity index is 299. The maximum Gasteiger partial charge on any atom is 0.0195 e.